The topological polar surface area (TPSA) is 41.1 Å². The van der Waals surface area contributed by atoms with Crippen LogP contribution in [0.25, 0.3) is 0 Å². The molecule has 5 heteroatoms. The number of piperidine rings is 1. The van der Waals surface area contributed by atoms with Gasteiger partial charge in [0.05, 0.1) is 10.6 Å². The van der Waals surface area contributed by atoms with E-state index in [4.69, 9.17) is 11.6 Å². The number of benzene rings is 1. The molecule has 1 amide bonds. The van der Waals surface area contributed by atoms with Crippen LogP contribution < -0.4 is 10.6 Å². The van der Waals surface area contributed by atoms with Gasteiger partial charge in [-0.25, -0.2) is 0 Å². The van der Waals surface area contributed by atoms with Gasteiger partial charge in [0.15, 0.2) is 0 Å². The molecule has 0 bridgehead atoms. The lowest BCUT2D eigenvalue weighted by molar-refractivity contribution is 0.0920. The molecule has 2 rings (SSSR count). The predicted molar refractivity (Wildman–Crippen MR) is 81.2 cm³/mol. The zero-order valence-electron chi connectivity index (χ0n) is 11.2. The Morgan fingerprint density at radius 2 is 2.32 bits per heavy atom. The minimum absolute atomic E-state index is 0.0820. The van der Waals surface area contributed by atoms with Gasteiger partial charge in [0, 0.05) is 17.0 Å². The number of carbonyl (C=O) groups is 1. The third-order valence-electron chi connectivity index (χ3n) is 3.50. The van der Waals surface area contributed by atoms with E-state index in [9.17, 15) is 4.79 Å². The fourth-order valence-electron chi connectivity index (χ4n) is 2.29. The van der Waals surface area contributed by atoms with E-state index in [-0.39, 0.29) is 11.9 Å². The van der Waals surface area contributed by atoms with Gasteiger partial charge in [-0.2, -0.15) is 0 Å². The number of rotatable bonds is 3. The number of carbonyl (C=O) groups excluding carboxylic acids is 1. The highest BCUT2D eigenvalue weighted by molar-refractivity contribution is 7.98. The molecule has 0 radical (unpaired) electrons. The van der Waals surface area contributed by atoms with E-state index in [1.807, 2.05) is 18.4 Å². The van der Waals surface area contributed by atoms with E-state index in [1.165, 1.54) is 0 Å². The zero-order valence-corrected chi connectivity index (χ0v) is 12.8. The molecule has 1 fully saturated rings. The average molecular weight is 299 g/mol. The molecule has 1 heterocycles. The van der Waals surface area contributed by atoms with Gasteiger partial charge >= 0.3 is 0 Å². The van der Waals surface area contributed by atoms with Crippen LogP contribution in [0, 0.1) is 0 Å². The number of hydrogen-bond acceptors (Lipinski definition) is 3. The number of thioether (sulfide) groups is 1. The Morgan fingerprint density at radius 1 is 1.53 bits per heavy atom. The lowest BCUT2D eigenvalue weighted by atomic mass is 9.99. The van der Waals surface area contributed by atoms with Gasteiger partial charge in [0.1, 0.15) is 0 Å². The van der Waals surface area contributed by atoms with Crippen LogP contribution in [0.5, 0.6) is 0 Å². The first-order chi connectivity index (χ1) is 9.11. The smallest absolute Gasteiger partial charge is 0.253 e. The molecule has 2 atom stereocenters. The van der Waals surface area contributed by atoms with Crippen molar-refractivity contribution in [3.8, 4) is 0 Å². The van der Waals surface area contributed by atoms with E-state index in [0.717, 1.165) is 24.3 Å². The molecule has 2 N–H and O–H groups in total. The lowest BCUT2D eigenvalue weighted by Gasteiger charge is -2.30. The average Bonchev–Trinajstić information content (AvgIpc) is 2.42. The number of hydrogen-bond donors (Lipinski definition) is 2. The highest BCUT2D eigenvalue weighted by Crippen LogP contribution is 2.23. The molecule has 0 aliphatic carbocycles. The number of amides is 1. The standard InChI is InChI=1S/C14H19ClN2OS/c1-9-13(4-3-7-16-9)17-14(18)11-8-10(19-2)5-6-12(11)15/h5-6,8-9,13,16H,3-4,7H2,1-2H3,(H,17,18). The van der Waals surface area contributed by atoms with Gasteiger partial charge in [-0.15, -0.1) is 11.8 Å². The molecule has 0 aromatic heterocycles. The summed E-state index contributed by atoms with van der Waals surface area (Å²) in [5.41, 5.74) is 0.561. The minimum atomic E-state index is -0.0820. The van der Waals surface area contributed by atoms with Crippen LogP contribution in [0.3, 0.4) is 0 Å². The van der Waals surface area contributed by atoms with Crippen LogP contribution in [-0.2, 0) is 0 Å². The molecular formula is C14H19ClN2OS. The Kier molecular flexibility index (Phi) is 5.13. The SMILES string of the molecule is CSc1ccc(Cl)c(C(=O)NC2CCCNC2C)c1. The highest BCUT2D eigenvalue weighted by atomic mass is 35.5. The van der Waals surface area contributed by atoms with Gasteiger partial charge in [-0.05, 0) is 50.8 Å². The molecular weight excluding hydrogens is 280 g/mol. The summed E-state index contributed by atoms with van der Waals surface area (Å²) in [5, 5.41) is 6.96. The molecule has 19 heavy (non-hydrogen) atoms. The van der Waals surface area contributed by atoms with E-state index >= 15 is 0 Å². The third kappa shape index (κ3) is 3.65. The summed E-state index contributed by atoms with van der Waals surface area (Å²) in [6, 6.07) is 6.04. The van der Waals surface area contributed by atoms with Crippen molar-refractivity contribution in [3.05, 3.63) is 28.8 Å². The summed E-state index contributed by atoms with van der Waals surface area (Å²) in [5.74, 6) is -0.0820. The first kappa shape index (κ1) is 14.7. The van der Waals surface area contributed by atoms with Crippen molar-refractivity contribution in [1.82, 2.24) is 10.6 Å². The van der Waals surface area contributed by atoms with Gasteiger partial charge in [0.2, 0.25) is 0 Å². The second-order valence-corrected chi connectivity index (χ2v) is 6.10. The summed E-state index contributed by atoms with van der Waals surface area (Å²) >= 11 is 7.72. The summed E-state index contributed by atoms with van der Waals surface area (Å²) in [6.45, 7) is 3.13. The van der Waals surface area contributed by atoms with Gasteiger partial charge in [0.25, 0.3) is 5.91 Å². The molecule has 1 aromatic rings. The highest BCUT2D eigenvalue weighted by Gasteiger charge is 2.23. The monoisotopic (exact) mass is 298 g/mol. The molecule has 1 saturated heterocycles. The summed E-state index contributed by atoms with van der Waals surface area (Å²) < 4.78 is 0. The van der Waals surface area contributed by atoms with E-state index in [1.54, 1.807) is 17.8 Å². The Bertz CT molecular complexity index is 467. The van der Waals surface area contributed by atoms with Crippen molar-refractivity contribution in [3.63, 3.8) is 0 Å². The van der Waals surface area contributed by atoms with Gasteiger partial charge in [-0.1, -0.05) is 11.6 Å². The second-order valence-electron chi connectivity index (χ2n) is 4.81. The van der Waals surface area contributed by atoms with E-state index in [2.05, 4.69) is 17.6 Å². The van der Waals surface area contributed by atoms with Crippen molar-refractivity contribution in [2.24, 2.45) is 0 Å². The maximum atomic E-state index is 12.3. The van der Waals surface area contributed by atoms with Crippen LogP contribution >= 0.6 is 23.4 Å². The second kappa shape index (κ2) is 6.64. The molecule has 1 aliphatic heterocycles. The minimum Gasteiger partial charge on any atom is -0.348 e. The summed E-state index contributed by atoms with van der Waals surface area (Å²) in [7, 11) is 0. The maximum Gasteiger partial charge on any atom is 0.253 e. The summed E-state index contributed by atoms with van der Waals surface area (Å²) in [6.07, 6.45) is 4.09. The lowest BCUT2D eigenvalue weighted by Crippen LogP contribution is -2.51. The van der Waals surface area contributed by atoms with Crippen molar-refractivity contribution < 1.29 is 4.79 Å². The molecule has 0 spiro atoms. The van der Waals surface area contributed by atoms with Crippen LogP contribution in [0.4, 0.5) is 0 Å². The molecule has 1 aliphatic rings. The Hall–Kier alpha value is -0.710. The fourth-order valence-corrected chi connectivity index (χ4v) is 2.94. The van der Waals surface area contributed by atoms with E-state index < -0.39 is 0 Å². The normalized spacial score (nSPS) is 23.1. The fraction of sp³-hybridized carbons (Fsp3) is 0.500. The first-order valence-corrected chi connectivity index (χ1v) is 8.10. The molecule has 1 aromatic carbocycles. The number of halogens is 1. The van der Waals surface area contributed by atoms with Crippen LogP contribution in [0.2, 0.25) is 5.02 Å². The predicted octanol–water partition coefficient (Wildman–Crippen LogP) is 2.93. The summed E-state index contributed by atoms with van der Waals surface area (Å²) in [4.78, 5) is 13.4. The first-order valence-electron chi connectivity index (χ1n) is 6.49. The Balaban J connectivity index is 2.10. The zero-order chi connectivity index (χ0) is 13.8. The van der Waals surface area contributed by atoms with Crippen molar-refractivity contribution in [2.75, 3.05) is 12.8 Å². The van der Waals surface area contributed by atoms with Crippen LogP contribution in [0.1, 0.15) is 30.1 Å². The quantitative estimate of drug-likeness (QED) is 0.843. The molecule has 104 valence electrons. The number of nitrogens with one attached hydrogen (secondary N) is 2. The van der Waals surface area contributed by atoms with Crippen LogP contribution in [0.15, 0.2) is 23.1 Å². The van der Waals surface area contributed by atoms with Crippen molar-refractivity contribution >= 4 is 29.3 Å². The van der Waals surface area contributed by atoms with Gasteiger partial charge < -0.3 is 10.6 Å². The molecule has 2 unspecified atom stereocenters. The largest absolute Gasteiger partial charge is 0.348 e. The van der Waals surface area contributed by atoms with Crippen molar-refractivity contribution in [1.29, 1.82) is 0 Å². The third-order valence-corrected chi connectivity index (χ3v) is 4.55. The Morgan fingerprint density at radius 3 is 3.00 bits per heavy atom. The molecule has 0 saturated carbocycles. The molecule has 3 nitrogen and oxygen atoms in total. The van der Waals surface area contributed by atoms with Gasteiger partial charge in [-0.3, -0.25) is 4.79 Å². The van der Waals surface area contributed by atoms with E-state index in [0.29, 0.717) is 16.6 Å². The maximum absolute atomic E-state index is 12.3. The Labute approximate surface area is 123 Å². The van der Waals surface area contributed by atoms with Crippen molar-refractivity contribution in [2.45, 2.75) is 36.7 Å². The van der Waals surface area contributed by atoms with Crippen LogP contribution in [-0.4, -0.2) is 30.8 Å².